The molecule has 0 heterocycles. The minimum absolute atomic E-state index is 0.125. The SMILES string of the molecule is CC(=O)c1ccc(C)cc1.CCC=O. The van der Waals surface area contributed by atoms with Crippen LogP contribution in [-0.2, 0) is 4.79 Å². The van der Waals surface area contributed by atoms with Crippen LogP contribution in [0.3, 0.4) is 0 Å². The lowest BCUT2D eigenvalue weighted by Crippen LogP contribution is -1.90. The summed E-state index contributed by atoms with van der Waals surface area (Å²) < 4.78 is 0. The van der Waals surface area contributed by atoms with Crippen molar-refractivity contribution in [3.05, 3.63) is 35.4 Å². The normalized spacial score (nSPS) is 8.50. The van der Waals surface area contributed by atoms with Crippen LogP contribution in [0.2, 0.25) is 0 Å². The first-order valence-electron chi connectivity index (χ1n) is 4.63. The number of rotatable bonds is 2. The molecule has 0 unspecified atom stereocenters. The average molecular weight is 192 g/mol. The van der Waals surface area contributed by atoms with Crippen LogP contribution in [0.15, 0.2) is 24.3 Å². The maximum atomic E-state index is 10.8. The zero-order valence-electron chi connectivity index (χ0n) is 8.91. The summed E-state index contributed by atoms with van der Waals surface area (Å²) in [6, 6.07) is 7.57. The Morgan fingerprint density at radius 2 is 1.71 bits per heavy atom. The Morgan fingerprint density at radius 3 is 2.00 bits per heavy atom. The lowest BCUT2D eigenvalue weighted by atomic mass is 10.1. The number of aryl methyl sites for hydroxylation is 1. The van der Waals surface area contributed by atoms with Gasteiger partial charge < -0.3 is 4.79 Å². The van der Waals surface area contributed by atoms with Crippen LogP contribution in [0.4, 0.5) is 0 Å². The van der Waals surface area contributed by atoms with Crippen LogP contribution < -0.4 is 0 Å². The van der Waals surface area contributed by atoms with Gasteiger partial charge in [-0.1, -0.05) is 36.8 Å². The molecule has 76 valence electrons. The Hall–Kier alpha value is -1.44. The molecule has 0 aliphatic heterocycles. The first-order chi connectivity index (χ1) is 6.61. The van der Waals surface area contributed by atoms with Crippen molar-refractivity contribution in [1.29, 1.82) is 0 Å². The smallest absolute Gasteiger partial charge is 0.159 e. The standard InChI is InChI=1S/C9H10O.C3H6O/c1-7-3-5-9(6-4-7)8(2)10;1-2-3-4/h3-6H,1-2H3;3H,2H2,1H3. The van der Waals surface area contributed by atoms with Gasteiger partial charge in [-0.3, -0.25) is 4.79 Å². The number of benzene rings is 1. The predicted molar refractivity (Wildman–Crippen MR) is 57.5 cm³/mol. The number of Topliss-reactive ketones (excluding diaryl/α,β-unsaturated/α-hetero) is 1. The van der Waals surface area contributed by atoms with Crippen LogP contribution in [-0.4, -0.2) is 12.1 Å². The van der Waals surface area contributed by atoms with E-state index in [1.165, 1.54) is 5.56 Å². The Labute approximate surface area is 84.9 Å². The minimum Gasteiger partial charge on any atom is -0.303 e. The number of hydrogen-bond acceptors (Lipinski definition) is 2. The maximum absolute atomic E-state index is 10.8. The van der Waals surface area contributed by atoms with Gasteiger partial charge in [0.05, 0.1) is 0 Å². The number of hydrogen-bond donors (Lipinski definition) is 0. The van der Waals surface area contributed by atoms with Crippen molar-refractivity contribution in [2.45, 2.75) is 27.2 Å². The van der Waals surface area contributed by atoms with Gasteiger partial charge in [0.2, 0.25) is 0 Å². The lowest BCUT2D eigenvalue weighted by molar-refractivity contribution is -0.107. The third-order valence-corrected chi connectivity index (χ3v) is 1.62. The highest BCUT2D eigenvalue weighted by molar-refractivity contribution is 5.93. The van der Waals surface area contributed by atoms with Crippen molar-refractivity contribution in [2.24, 2.45) is 0 Å². The van der Waals surface area contributed by atoms with Crippen LogP contribution in [0.5, 0.6) is 0 Å². The highest BCUT2D eigenvalue weighted by Crippen LogP contribution is 2.02. The van der Waals surface area contributed by atoms with E-state index in [1.54, 1.807) is 6.92 Å². The molecule has 0 atom stereocenters. The summed E-state index contributed by atoms with van der Waals surface area (Å²) in [5.74, 6) is 0.125. The number of carbonyl (C=O) groups excluding carboxylic acids is 2. The Balaban J connectivity index is 0.000000364. The van der Waals surface area contributed by atoms with Crippen LogP contribution in [0.25, 0.3) is 0 Å². The second-order valence-corrected chi connectivity index (χ2v) is 3.00. The Morgan fingerprint density at radius 1 is 1.29 bits per heavy atom. The fourth-order valence-electron chi connectivity index (χ4n) is 0.788. The van der Waals surface area contributed by atoms with Crippen molar-refractivity contribution in [2.75, 3.05) is 0 Å². The molecule has 0 N–H and O–H groups in total. The zero-order valence-corrected chi connectivity index (χ0v) is 8.91. The number of carbonyl (C=O) groups is 2. The Kier molecular flexibility index (Phi) is 6.29. The molecule has 2 nitrogen and oxygen atoms in total. The third kappa shape index (κ3) is 5.25. The van der Waals surface area contributed by atoms with Crippen molar-refractivity contribution < 1.29 is 9.59 Å². The summed E-state index contributed by atoms with van der Waals surface area (Å²) in [5.41, 5.74) is 1.97. The predicted octanol–water partition coefficient (Wildman–Crippen LogP) is 2.79. The summed E-state index contributed by atoms with van der Waals surface area (Å²) >= 11 is 0. The second kappa shape index (κ2) is 7.01. The molecule has 0 aromatic heterocycles. The molecule has 0 aliphatic rings. The van der Waals surface area contributed by atoms with Crippen molar-refractivity contribution in [3.63, 3.8) is 0 Å². The van der Waals surface area contributed by atoms with Crippen LogP contribution in [0, 0.1) is 6.92 Å². The van der Waals surface area contributed by atoms with E-state index in [0.29, 0.717) is 6.42 Å². The third-order valence-electron chi connectivity index (χ3n) is 1.62. The van der Waals surface area contributed by atoms with Crippen LogP contribution >= 0.6 is 0 Å². The van der Waals surface area contributed by atoms with Crippen molar-refractivity contribution in [3.8, 4) is 0 Å². The molecule has 2 heteroatoms. The van der Waals surface area contributed by atoms with Gasteiger partial charge in [0.25, 0.3) is 0 Å². The molecule has 0 radical (unpaired) electrons. The lowest BCUT2D eigenvalue weighted by Gasteiger charge is -1.93. The molecule has 0 bridgehead atoms. The van der Waals surface area contributed by atoms with Gasteiger partial charge >= 0.3 is 0 Å². The summed E-state index contributed by atoms with van der Waals surface area (Å²) in [6.45, 7) is 5.39. The molecule has 0 aliphatic carbocycles. The highest BCUT2D eigenvalue weighted by atomic mass is 16.1. The summed E-state index contributed by atoms with van der Waals surface area (Å²) in [7, 11) is 0. The molecule has 0 fully saturated rings. The van der Waals surface area contributed by atoms with Gasteiger partial charge in [0, 0.05) is 12.0 Å². The molecule has 1 aromatic rings. The molecular formula is C12H16O2. The first-order valence-corrected chi connectivity index (χ1v) is 4.63. The van der Waals surface area contributed by atoms with E-state index >= 15 is 0 Å². The van der Waals surface area contributed by atoms with E-state index in [2.05, 4.69) is 0 Å². The fraction of sp³-hybridized carbons (Fsp3) is 0.333. The van der Waals surface area contributed by atoms with E-state index in [4.69, 9.17) is 0 Å². The maximum Gasteiger partial charge on any atom is 0.159 e. The topological polar surface area (TPSA) is 34.1 Å². The molecule has 14 heavy (non-hydrogen) atoms. The quantitative estimate of drug-likeness (QED) is 0.533. The van der Waals surface area contributed by atoms with Gasteiger partial charge in [-0.15, -0.1) is 0 Å². The largest absolute Gasteiger partial charge is 0.303 e. The Bertz CT molecular complexity index is 286. The van der Waals surface area contributed by atoms with Gasteiger partial charge in [-0.2, -0.15) is 0 Å². The summed E-state index contributed by atoms with van der Waals surface area (Å²) in [5, 5.41) is 0. The summed E-state index contributed by atoms with van der Waals surface area (Å²) in [4.78, 5) is 19.9. The molecular weight excluding hydrogens is 176 g/mol. The van der Waals surface area contributed by atoms with E-state index in [0.717, 1.165) is 11.8 Å². The summed E-state index contributed by atoms with van der Waals surface area (Å²) in [6.07, 6.45) is 1.51. The number of aldehydes is 1. The number of ketones is 1. The second-order valence-electron chi connectivity index (χ2n) is 3.00. The van der Waals surface area contributed by atoms with E-state index in [-0.39, 0.29) is 5.78 Å². The minimum atomic E-state index is 0.125. The van der Waals surface area contributed by atoms with Crippen molar-refractivity contribution >= 4 is 12.1 Å². The zero-order chi connectivity index (χ0) is 11.0. The average Bonchev–Trinajstić information content (AvgIpc) is 2.19. The van der Waals surface area contributed by atoms with Crippen molar-refractivity contribution in [1.82, 2.24) is 0 Å². The van der Waals surface area contributed by atoms with Gasteiger partial charge in [0.15, 0.2) is 5.78 Å². The molecule has 0 amide bonds. The van der Waals surface area contributed by atoms with Gasteiger partial charge in [-0.05, 0) is 13.8 Å². The van der Waals surface area contributed by atoms with E-state index < -0.39 is 0 Å². The highest BCUT2D eigenvalue weighted by Gasteiger charge is 1.95. The fourth-order valence-corrected chi connectivity index (χ4v) is 0.788. The molecule has 1 rings (SSSR count). The molecule has 0 saturated carbocycles. The van der Waals surface area contributed by atoms with Gasteiger partial charge in [0.1, 0.15) is 6.29 Å². The molecule has 0 saturated heterocycles. The van der Waals surface area contributed by atoms with E-state index in [9.17, 15) is 9.59 Å². The van der Waals surface area contributed by atoms with Gasteiger partial charge in [-0.25, -0.2) is 0 Å². The molecule has 0 spiro atoms. The first kappa shape index (κ1) is 12.6. The van der Waals surface area contributed by atoms with E-state index in [1.807, 2.05) is 38.1 Å². The van der Waals surface area contributed by atoms with Crippen LogP contribution in [0.1, 0.15) is 36.2 Å². The molecule has 1 aromatic carbocycles. The monoisotopic (exact) mass is 192 g/mol.